The third-order valence-corrected chi connectivity index (χ3v) is 5.69. The van der Waals surface area contributed by atoms with Crippen molar-refractivity contribution in [2.75, 3.05) is 0 Å². The Bertz CT molecular complexity index is 1110. The number of carbonyl (C=O) groups excluding carboxylic acids is 3. The van der Waals surface area contributed by atoms with Gasteiger partial charge in [-0.1, -0.05) is 37.3 Å². The Morgan fingerprint density at radius 2 is 1.74 bits per heavy atom. The van der Waals surface area contributed by atoms with Crippen LogP contribution in [0, 0.1) is 0 Å². The summed E-state index contributed by atoms with van der Waals surface area (Å²) in [6, 6.07) is 18.0. The Labute approximate surface area is 181 Å². The smallest absolute Gasteiger partial charge is 0.261 e. The lowest BCUT2D eigenvalue weighted by Gasteiger charge is -2.29. The van der Waals surface area contributed by atoms with Crippen molar-refractivity contribution >= 4 is 17.7 Å². The van der Waals surface area contributed by atoms with Crippen LogP contribution in [0.25, 0.3) is 0 Å². The molecule has 6 heteroatoms. The average Bonchev–Trinajstić information content (AvgIpc) is 3.40. The minimum absolute atomic E-state index is 0.0220. The van der Waals surface area contributed by atoms with Crippen molar-refractivity contribution in [3.63, 3.8) is 0 Å². The average molecular weight is 416 g/mol. The van der Waals surface area contributed by atoms with Crippen molar-refractivity contribution < 1.29 is 18.8 Å². The van der Waals surface area contributed by atoms with Crippen molar-refractivity contribution in [1.29, 1.82) is 0 Å². The van der Waals surface area contributed by atoms with E-state index in [0.717, 1.165) is 16.9 Å². The second-order valence-corrected chi connectivity index (χ2v) is 7.71. The minimum Gasteiger partial charge on any atom is -0.467 e. The topological polar surface area (TPSA) is 70.8 Å². The molecule has 0 fully saturated rings. The molecule has 6 nitrogen and oxygen atoms in total. The van der Waals surface area contributed by atoms with Gasteiger partial charge in [-0.15, -0.1) is 0 Å². The third kappa shape index (κ3) is 4.01. The second-order valence-electron chi connectivity index (χ2n) is 7.71. The molecule has 3 amide bonds. The summed E-state index contributed by atoms with van der Waals surface area (Å²) in [7, 11) is 0. The number of hydrogen-bond acceptors (Lipinski definition) is 4. The zero-order valence-electron chi connectivity index (χ0n) is 17.6. The molecular weight excluding hydrogens is 392 g/mol. The molecule has 0 saturated heterocycles. The van der Waals surface area contributed by atoms with Gasteiger partial charge in [0.1, 0.15) is 5.76 Å². The molecule has 0 saturated carbocycles. The van der Waals surface area contributed by atoms with Gasteiger partial charge in [0.15, 0.2) is 0 Å². The van der Waals surface area contributed by atoms with Crippen LogP contribution in [-0.4, -0.2) is 33.6 Å². The summed E-state index contributed by atoms with van der Waals surface area (Å²) in [5.74, 6) is -0.426. The molecule has 1 aromatic heterocycles. The highest BCUT2D eigenvalue weighted by Gasteiger charge is 2.37. The van der Waals surface area contributed by atoms with Gasteiger partial charge in [-0.25, -0.2) is 0 Å². The van der Waals surface area contributed by atoms with Gasteiger partial charge in [-0.2, -0.15) is 0 Å². The molecule has 31 heavy (non-hydrogen) atoms. The number of amides is 3. The molecule has 0 radical (unpaired) electrons. The normalized spacial score (nSPS) is 13.9. The lowest BCUT2D eigenvalue weighted by molar-refractivity contribution is 0.0630. The maximum Gasteiger partial charge on any atom is 0.261 e. The fourth-order valence-electron chi connectivity index (χ4n) is 3.72. The van der Waals surface area contributed by atoms with E-state index in [2.05, 4.69) is 0 Å². The van der Waals surface area contributed by atoms with E-state index in [9.17, 15) is 14.4 Å². The van der Waals surface area contributed by atoms with Crippen molar-refractivity contribution in [2.45, 2.75) is 39.4 Å². The third-order valence-electron chi connectivity index (χ3n) is 5.69. The first kappa shape index (κ1) is 20.6. The Hall–Kier alpha value is -3.67. The molecule has 158 valence electrons. The van der Waals surface area contributed by atoms with E-state index < -0.39 is 5.91 Å². The SMILES string of the molecule is CCC(C)N(Cc1ccccc1)C(=O)c1ccc2c(c1)C(=O)N(Cc1ccco1)C2=O. The van der Waals surface area contributed by atoms with Gasteiger partial charge in [-0.05, 0) is 49.2 Å². The first-order valence-electron chi connectivity index (χ1n) is 10.4. The van der Waals surface area contributed by atoms with E-state index in [0.29, 0.717) is 23.4 Å². The van der Waals surface area contributed by atoms with E-state index in [-0.39, 0.29) is 30.0 Å². The molecule has 0 bridgehead atoms. The minimum atomic E-state index is -0.413. The number of fused-ring (bicyclic) bond motifs is 1. The number of nitrogens with zero attached hydrogens (tertiary/aromatic N) is 2. The van der Waals surface area contributed by atoms with Crippen LogP contribution in [0.1, 0.15) is 62.7 Å². The van der Waals surface area contributed by atoms with Gasteiger partial charge >= 0.3 is 0 Å². The van der Waals surface area contributed by atoms with Crippen LogP contribution in [0.4, 0.5) is 0 Å². The molecular formula is C25H24N2O4. The Kier molecular flexibility index (Phi) is 5.71. The van der Waals surface area contributed by atoms with Gasteiger partial charge in [0.05, 0.1) is 23.9 Å². The molecule has 2 heterocycles. The highest BCUT2D eigenvalue weighted by Crippen LogP contribution is 2.27. The number of imide groups is 1. The number of furan rings is 1. The largest absolute Gasteiger partial charge is 0.467 e. The van der Waals surface area contributed by atoms with Crippen molar-refractivity contribution in [3.8, 4) is 0 Å². The van der Waals surface area contributed by atoms with Crippen molar-refractivity contribution in [1.82, 2.24) is 9.80 Å². The van der Waals surface area contributed by atoms with Gasteiger partial charge in [0.25, 0.3) is 17.7 Å². The van der Waals surface area contributed by atoms with Crippen molar-refractivity contribution in [3.05, 3.63) is 94.9 Å². The molecule has 0 aliphatic carbocycles. The van der Waals surface area contributed by atoms with Crippen LogP contribution in [0.3, 0.4) is 0 Å². The summed E-state index contributed by atoms with van der Waals surface area (Å²) in [4.78, 5) is 41.9. The first-order valence-corrected chi connectivity index (χ1v) is 10.4. The number of rotatable bonds is 7. The summed E-state index contributed by atoms with van der Waals surface area (Å²) < 4.78 is 5.27. The maximum atomic E-state index is 13.4. The fraction of sp³-hybridized carbons (Fsp3) is 0.240. The molecule has 1 aliphatic heterocycles. The molecule has 2 aromatic carbocycles. The second kappa shape index (κ2) is 8.60. The molecule has 0 spiro atoms. The summed E-state index contributed by atoms with van der Waals surface area (Å²) in [5, 5.41) is 0. The molecule has 3 aromatic rings. The van der Waals surface area contributed by atoms with Gasteiger partial charge in [-0.3, -0.25) is 19.3 Å². The van der Waals surface area contributed by atoms with Gasteiger partial charge < -0.3 is 9.32 Å². The monoisotopic (exact) mass is 416 g/mol. The summed E-state index contributed by atoms with van der Waals surface area (Å²) in [6.45, 7) is 4.58. The van der Waals surface area contributed by atoms with Crippen LogP contribution < -0.4 is 0 Å². The van der Waals surface area contributed by atoms with Crippen LogP contribution in [-0.2, 0) is 13.1 Å². The van der Waals surface area contributed by atoms with Crippen molar-refractivity contribution in [2.24, 2.45) is 0 Å². The zero-order valence-corrected chi connectivity index (χ0v) is 17.6. The predicted octanol–water partition coefficient (Wildman–Crippen LogP) is 4.52. The lowest BCUT2D eigenvalue weighted by Crippen LogP contribution is -2.37. The molecule has 1 atom stereocenters. The number of carbonyl (C=O) groups is 3. The number of benzene rings is 2. The van der Waals surface area contributed by atoms with Gasteiger partial charge in [0.2, 0.25) is 0 Å². The lowest BCUT2D eigenvalue weighted by atomic mass is 10.0. The summed E-state index contributed by atoms with van der Waals surface area (Å²) >= 11 is 0. The Morgan fingerprint density at radius 3 is 2.42 bits per heavy atom. The highest BCUT2D eigenvalue weighted by molar-refractivity contribution is 6.22. The van der Waals surface area contributed by atoms with Crippen LogP contribution in [0.15, 0.2) is 71.3 Å². The Morgan fingerprint density at radius 1 is 1.00 bits per heavy atom. The first-order chi connectivity index (χ1) is 15.0. The van der Waals surface area contributed by atoms with E-state index >= 15 is 0 Å². The molecule has 4 rings (SSSR count). The number of hydrogen-bond donors (Lipinski definition) is 0. The van der Waals surface area contributed by atoms with E-state index in [1.165, 1.54) is 6.26 Å². The van der Waals surface area contributed by atoms with Crippen LogP contribution in [0.2, 0.25) is 0 Å². The van der Waals surface area contributed by atoms with Crippen LogP contribution in [0.5, 0.6) is 0 Å². The summed E-state index contributed by atoms with van der Waals surface area (Å²) in [6.07, 6.45) is 2.30. The van der Waals surface area contributed by atoms with E-state index in [4.69, 9.17) is 4.42 Å². The van der Waals surface area contributed by atoms with E-state index in [1.807, 2.05) is 44.2 Å². The zero-order chi connectivity index (χ0) is 22.0. The quantitative estimate of drug-likeness (QED) is 0.531. The standard InChI is InChI=1S/C25H24N2O4/c1-3-17(2)26(15-18-8-5-4-6-9-18)23(28)19-11-12-21-22(14-19)25(30)27(24(21)29)16-20-10-7-13-31-20/h4-14,17H,3,15-16H2,1-2H3. The molecule has 1 unspecified atom stereocenters. The molecule has 0 N–H and O–H groups in total. The Balaban J connectivity index is 1.61. The summed E-state index contributed by atoms with van der Waals surface area (Å²) in [5.41, 5.74) is 2.00. The molecule has 1 aliphatic rings. The van der Waals surface area contributed by atoms with E-state index in [1.54, 1.807) is 35.2 Å². The fourth-order valence-corrected chi connectivity index (χ4v) is 3.72. The van der Waals surface area contributed by atoms with Gasteiger partial charge in [0, 0.05) is 18.2 Å². The predicted molar refractivity (Wildman–Crippen MR) is 115 cm³/mol. The van der Waals surface area contributed by atoms with Crippen LogP contribution >= 0.6 is 0 Å². The maximum absolute atomic E-state index is 13.4. The highest BCUT2D eigenvalue weighted by atomic mass is 16.3.